The van der Waals surface area contributed by atoms with Gasteiger partial charge in [0, 0.05) is 10.9 Å². The van der Waals surface area contributed by atoms with E-state index in [1.165, 1.54) is 16.9 Å². The smallest absolute Gasteiger partial charge is 0.271 e. The first-order valence-electron chi connectivity index (χ1n) is 8.44. The molecule has 26 heavy (non-hydrogen) atoms. The third kappa shape index (κ3) is 3.26. The lowest BCUT2D eigenvalue weighted by Crippen LogP contribution is -2.22. The van der Waals surface area contributed by atoms with Crippen molar-refractivity contribution in [2.45, 2.75) is 13.5 Å². The molecule has 0 amide bonds. The van der Waals surface area contributed by atoms with Gasteiger partial charge in [0.1, 0.15) is 17.1 Å². The Morgan fingerprint density at radius 3 is 2.62 bits per heavy atom. The fourth-order valence-electron chi connectivity index (χ4n) is 2.82. The first-order chi connectivity index (χ1) is 12.7. The maximum Gasteiger partial charge on any atom is 0.271 e. The zero-order valence-electron chi connectivity index (χ0n) is 14.4. The number of aryl methyl sites for hydroxylation is 1. The zero-order chi connectivity index (χ0) is 17.9. The Kier molecular flexibility index (Phi) is 4.54. The van der Waals surface area contributed by atoms with E-state index in [1.54, 1.807) is 10.9 Å². The summed E-state index contributed by atoms with van der Waals surface area (Å²) in [5, 5.41) is 2.01. The molecule has 4 nitrogen and oxygen atoms in total. The first kappa shape index (κ1) is 16.5. The predicted molar refractivity (Wildman–Crippen MR) is 106 cm³/mol. The van der Waals surface area contributed by atoms with E-state index in [2.05, 4.69) is 36.2 Å². The van der Waals surface area contributed by atoms with Crippen molar-refractivity contribution in [2.24, 2.45) is 0 Å². The van der Waals surface area contributed by atoms with Gasteiger partial charge in [-0.05, 0) is 24.6 Å². The molecular formula is C21H18N2O2S. The largest absolute Gasteiger partial charge is 0.492 e. The Bertz CT molecular complexity index is 1080. The van der Waals surface area contributed by atoms with E-state index in [4.69, 9.17) is 4.74 Å². The number of thiophene rings is 1. The third-order valence-corrected chi connectivity index (χ3v) is 5.21. The second kappa shape index (κ2) is 7.14. The lowest BCUT2D eigenvalue weighted by Gasteiger charge is -2.08. The van der Waals surface area contributed by atoms with E-state index in [1.807, 2.05) is 35.7 Å². The molecule has 2 heterocycles. The van der Waals surface area contributed by atoms with Gasteiger partial charge in [-0.25, -0.2) is 4.98 Å². The van der Waals surface area contributed by atoms with E-state index in [0.717, 1.165) is 22.4 Å². The summed E-state index contributed by atoms with van der Waals surface area (Å²) in [4.78, 5) is 17.3. The second-order valence-corrected chi connectivity index (χ2v) is 6.98. The van der Waals surface area contributed by atoms with Gasteiger partial charge in [-0.1, -0.05) is 48.0 Å². The van der Waals surface area contributed by atoms with Gasteiger partial charge in [0.2, 0.25) is 0 Å². The van der Waals surface area contributed by atoms with Crippen LogP contribution in [-0.4, -0.2) is 16.2 Å². The number of rotatable bonds is 5. The standard InChI is InChI=1S/C21H18N2O2S/c1-15-7-9-16(10-8-15)18-13-26-20-19(18)22-14-23(21(20)24)11-12-25-17-5-3-2-4-6-17/h2-10,13-14H,11-12H2,1H3. The monoisotopic (exact) mass is 362 g/mol. The van der Waals surface area contributed by atoms with Gasteiger partial charge in [0.05, 0.1) is 18.4 Å². The fourth-order valence-corrected chi connectivity index (χ4v) is 3.79. The van der Waals surface area contributed by atoms with Crippen LogP contribution in [-0.2, 0) is 6.54 Å². The molecule has 0 spiro atoms. The summed E-state index contributed by atoms with van der Waals surface area (Å²) < 4.78 is 7.97. The highest BCUT2D eigenvalue weighted by Crippen LogP contribution is 2.30. The topological polar surface area (TPSA) is 44.1 Å². The lowest BCUT2D eigenvalue weighted by molar-refractivity contribution is 0.296. The molecular weight excluding hydrogens is 344 g/mol. The molecule has 0 saturated carbocycles. The van der Waals surface area contributed by atoms with Crippen LogP contribution in [0.5, 0.6) is 5.75 Å². The van der Waals surface area contributed by atoms with Crippen LogP contribution in [0.3, 0.4) is 0 Å². The van der Waals surface area contributed by atoms with Crippen molar-refractivity contribution in [3.05, 3.63) is 82.2 Å². The molecule has 0 aliphatic carbocycles. The Hall–Kier alpha value is -2.92. The molecule has 0 N–H and O–H groups in total. The average Bonchev–Trinajstić information content (AvgIpc) is 3.10. The number of hydrogen-bond acceptors (Lipinski definition) is 4. The summed E-state index contributed by atoms with van der Waals surface area (Å²) in [6.45, 7) is 2.95. The number of hydrogen-bond donors (Lipinski definition) is 0. The van der Waals surface area contributed by atoms with Gasteiger partial charge in [-0.15, -0.1) is 11.3 Å². The summed E-state index contributed by atoms with van der Waals surface area (Å²) in [6.07, 6.45) is 1.61. The van der Waals surface area contributed by atoms with E-state index in [9.17, 15) is 4.79 Å². The molecule has 0 atom stereocenters. The minimum atomic E-state index is -0.0185. The molecule has 0 bridgehead atoms. The van der Waals surface area contributed by atoms with Gasteiger partial charge >= 0.3 is 0 Å². The molecule has 5 heteroatoms. The van der Waals surface area contributed by atoms with E-state index < -0.39 is 0 Å². The van der Waals surface area contributed by atoms with E-state index >= 15 is 0 Å². The minimum absolute atomic E-state index is 0.0185. The molecule has 0 radical (unpaired) electrons. The Morgan fingerprint density at radius 2 is 1.85 bits per heavy atom. The van der Waals surface area contributed by atoms with Gasteiger partial charge < -0.3 is 4.74 Å². The molecule has 4 aromatic rings. The molecule has 2 aromatic carbocycles. The van der Waals surface area contributed by atoms with Gasteiger partial charge in [0.15, 0.2) is 0 Å². The summed E-state index contributed by atoms with van der Waals surface area (Å²) in [5.41, 5.74) is 4.05. The van der Waals surface area contributed by atoms with Crippen LogP contribution < -0.4 is 10.3 Å². The maximum absolute atomic E-state index is 12.7. The van der Waals surface area contributed by atoms with Gasteiger partial charge in [-0.2, -0.15) is 0 Å². The SMILES string of the molecule is Cc1ccc(-c2csc3c(=O)n(CCOc4ccccc4)cnc23)cc1. The number of ether oxygens (including phenoxy) is 1. The predicted octanol–water partition coefficient (Wildman–Crippen LogP) is 4.51. The summed E-state index contributed by atoms with van der Waals surface area (Å²) in [5.74, 6) is 0.798. The van der Waals surface area contributed by atoms with Crippen molar-refractivity contribution < 1.29 is 4.74 Å². The normalized spacial score (nSPS) is 11.0. The van der Waals surface area contributed by atoms with Crippen LogP contribution in [0.25, 0.3) is 21.3 Å². The highest BCUT2D eigenvalue weighted by molar-refractivity contribution is 7.17. The Labute approximate surface area is 155 Å². The average molecular weight is 362 g/mol. The number of fused-ring (bicyclic) bond motifs is 1. The molecule has 0 aliphatic rings. The van der Waals surface area contributed by atoms with E-state index in [-0.39, 0.29) is 5.56 Å². The minimum Gasteiger partial charge on any atom is -0.492 e. The zero-order valence-corrected chi connectivity index (χ0v) is 15.2. The quantitative estimate of drug-likeness (QED) is 0.525. The van der Waals surface area contributed by atoms with Crippen molar-refractivity contribution >= 4 is 21.6 Å². The molecule has 130 valence electrons. The van der Waals surface area contributed by atoms with E-state index in [0.29, 0.717) is 17.9 Å². The van der Waals surface area contributed by atoms with Crippen LogP contribution in [0.2, 0.25) is 0 Å². The van der Waals surface area contributed by atoms with Gasteiger partial charge in [-0.3, -0.25) is 9.36 Å². The highest BCUT2D eigenvalue weighted by atomic mass is 32.1. The summed E-state index contributed by atoms with van der Waals surface area (Å²) >= 11 is 1.45. The van der Waals surface area contributed by atoms with Crippen LogP contribution in [0, 0.1) is 6.92 Å². The van der Waals surface area contributed by atoms with Crippen molar-refractivity contribution in [3.63, 3.8) is 0 Å². The molecule has 2 aromatic heterocycles. The number of benzene rings is 2. The maximum atomic E-state index is 12.7. The van der Waals surface area contributed by atoms with Crippen LogP contribution >= 0.6 is 11.3 Å². The molecule has 4 rings (SSSR count). The van der Waals surface area contributed by atoms with Crippen molar-refractivity contribution in [1.29, 1.82) is 0 Å². The van der Waals surface area contributed by atoms with Crippen molar-refractivity contribution in [2.75, 3.05) is 6.61 Å². The number of para-hydroxylation sites is 1. The fraction of sp³-hybridized carbons (Fsp3) is 0.143. The molecule has 0 fully saturated rings. The van der Waals surface area contributed by atoms with Crippen molar-refractivity contribution in [3.8, 4) is 16.9 Å². The lowest BCUT2D eigenvalue weighted by atomic mass is 10.1. The number of nitrogens with zero attached hydrogens (tertiary/aromatic N) is 2. The number of aromatic nitrogens is 2. The summed E-state index contributed by atoms with van der Waals surface area (Å²) in [6, 6.07) is 17.9. The van der Waals surface area contributed by atoms with Crippen molar-refractivity contribution in [1.82, 2.24) is 9.55 Å². The van der Waals surface area contributed by atoms with Crippen LogP contribution in [0.4, 0.5) is 0 Å². The summed E-state index contributed by atoms with van der Waals surface area (Å²) in [7, 11) is 0. The Morgan fingerprint density at radius 1 is 1.08 bits per heavy atom. The first-order valence-corrected chi connectivity index (χ1v) is 9.32. The molecule has 0 unspecified atom stereocenters. The highest BCUT2D eigenvalue weighted by Gasteiger charge is 2.12. The second-order valence-electron chi connectivity index (χ2n) is 6.10. The Balaban J connectivity index is 1.58. The van der Waals surface area contributed by atoms with Gasteiger partial charge in [0.25, 0.3) is 5.56 Å². The third-order valence-electron chi connectivity index (χ3n) is 4.25. The molecule has 0 aliphatic heterocycles. The van der Waals surface area contributed by atoms with Crippen LogP contribution in [0.1, 0.15) is 5.56 Å². The molecule has 0 saturated heterocycles. The van der Waals surface area contributed by atoms with Crippen LogP contribution in [0.15, 0.2) is 71.1 Å².